The zero-order valence-electron chi connectivity index (χ0n) is 11.7. The Hall–Kier alpha value is -2.15. The summed E-state index contributed by atoms with van der Waals surface area (Å²) in [7, 11) is 1.81. The van der Waals surface area contributed by atoms with Crippen LogP contribution in [0, 0.1) is 0 Å². The molecule has 110 valence electrons. The SMILES string of the molecule is Cn1cc(N2CCC(NC(=O)Cc3cccs3)C2=O)cn1. The lowest BCUT2D eigenvalue weighted by Gasteiger charge is -2.15. The van der Waals surface area contributed by atoms with Crippen molar-refractivity contribution >= 4 is 28.8 Å². The summed E-state index contributed by atoms with van der Waals surface area (Å²) in [5, 5.41) is 8.83. The van der Waals surface area contributed by atoms with Crippen LogP contribution >= 0.6 is 11.3 Å². The zero-order valence-corrected chi connectivity index (χ0v) is 12.5. The minimum absolute atomic E-state index is 0.0671. The maximum atomic E-state index is 12.3. The van der Waals surface area contributed by atoms with E-state index in [2.05, 4.69) is 10.4 Å². The number of nitrogens with zero attached hydrogens (tertiary/aromatic N) is 3. The number of carbonyl (C=O) groups excluding carboxylic acids is 2. The van der Waals surface area contributed by atoms with Gasteiger partial charge in [0.05, 0.1) is 18.3 Å². The maximum Gasteiger partial charge on any atom is 0.249 e. The van der Waals surface area contributed by atoms with Crippen LogP contribution in [0.25, 0.3) is 0 Å². The number of aromatic nitrogens is 2. The molecule has 0 bridgehead atoms. The summed E-state index contributed by atoms with van der Waals surface area (Å²) < 4.78 is 1.66. The Kier molecular flexibility index (Phi) is 3.74. The van der Waals surface area contributed by atoms with Crippen molar-refractivity contribution in [1.82, 2.24) is 15.1 Å². The molecule has 3 rings (SSSR count). The Balaban J connectivity index is 1.60. The Morgan fingerprint density at radius 3 is 3.10 bits per heavy atom. The second-order valence-electron chi connectivity index (χ2n) is 5.03. The van der Waals surface area contributed by atoms with Gasteiger partial charge in [0.25, 0.3) is 0 Å². The van der Waals surface area contributed by atoms with Crippen molar-refractivity contribution in [2.45, 2.75) is 18.9 Å². The third-order valence-corrected chi connectivity index (χ3v) is 4.33. The lowest BCUT2D eigenvalue weighted by Crippen LogP contribution is -2.42. The van der Waals surface area contributed by atoms with Gasteiger partial charge in [0.1, 0.15) is 6.04 Å². The van der Waals surface area contributed by atoms with Gasteiger partial charge in [0.15, 0.2) is 0 Å². The maximum absolute atomic E-state index is 12.3. The van der Waals surface area contributed by atoms with Crippen molar-refractivity contribution in [3.63, 3.8) is 0 Å². The molecule has 2 aromatic rings. The number of rotatable bonds is 4. The molecule has 1 aliphatic rings. The first-order valence-electron chi connectivity index (χ1n) is 6.75. The van der Waals surface area contributed by atoms with Crippen molar-refractivity contribution in [2.24, 2.45) is 7.05 Å². The average Bonchev–Trinajstić information content (AvgIpc) is 3.14. The van der Waals surface area contributed by atoms with Crippen LogP contribution in [0.2, 0.25) is 0 Å². The third-order valence-electron chi connectivity index (χ3n) is 3.46. The number of anilines is 1. The quantitative estimate of drug-likeness (QED) is 0.914. The molecule has 2 aromatic heterocycles. The molecular formula is C14H16N4O2S. The molecular weight excluding hydrogens is 288 g/mol. The fraction of sp³-hybridized carbons (Fsp3) is 0.357. The lowest BCUT2D eigenvalue weighted by atomic mass is 10.2. The van der Waals surface area contributed by atoms with Gasteiger partial charge in [0, 0.05) is 24.7 Å². The van der Waals surface area contributed by atoms with Crippen LogP contribution in [0.4, 0.5) is 5.69 Å². The number of aryl methyl sites for hydroxylation is 1. The summed E-state index contributed by atoms with van der Waals surface area (Å²) in [6, 6.07) is 3.40. The molecule has 1 N–H and O–H groups in total. The van der Waals surface area contributed by atoms with Gasteiger partial charge in [-0.1, -0.05) is 6.07 Å². The minimum atomic E-state index is -0.433. The van der Waals surface area contributed by atoms with Gasteiger partial charge >= 0.3 is 0 Å². The van der Waals surface area contributed by atoms with Crippen LogP contribution in [0.5, 0.6) is 0 Å². The van der Waals surface area contributed by atoms with E-state index < -0.39 is 6.04 Å². The van der Waals surface area contributed by atoms with E-state index in [4.69, 9.17) is 0 Å². The van der Waals surface area contributed by atoms with Gasteiger partial charge in [-0.05, 0) is 17.9 Å². The van der Waals surface area contributed by atoms with Gasteiger partial charge in [-0.15, -0.1) is 11.3 Å². The molecule has 1 aliphatic heterocycles. The van der Waals surface area contributed by atoms with E-state index in [1.54, 1.807) is 33.3 Å². The monoisotopic (exact) mass is 304 g/mol. The van der Waals surface area contributed by atoms with E-state index in [9.17, 15) is 9.59 Å². The molecule has 7 heteroatoms. The molecule has 0 spiro atoms. The minimum Gasteiger partial charge on any atom is -0.344 e. The largest absolute Gasteiger partial charge is 0.344 e. The fourth-order valence-electron chi connectivity index (χ4n) is 2.43. The first kappa shape index (κ1) is 13.8. The highest BCUT2D eigenvalue weighted by atomic mass is 32.1. The first-order chi connectivity index (χ1) is 10.1. The molecule has 2 amide bonds. The molecule has 6 nitrogen and oxygen atoms in total. The Morgan fingerprint density at radius 1 is 1.57 bits per heavy atom. The molecule has 1 fully saturated rings. The number of carbonyl (C=O) groups is 2. The number of hydrogen-bond donors (Lipinski definition) is 1. The van der Waals surface area contributed by atoms with Crippen LogP contribution in [-0.4, -0.2) is 34.2 Å². The van der Waals surface area contributed by atoms with Gasteiger partial charge < -0.3 is 10.2 Å². The Labute approximate surface area is 126 Å². The van der Waals surface area contributed by atoms with Crippen molar-refractivity contribution in [2.75, 3.05) is 11.4 Å². The van der Waals surface area contributed by atoms with E-state index in [1.165, 1.54) is 0 Å². The average molecular weight is 304 g/mol. The predicted molar refractivity (Wildman–Crippen MR) is 80.1 cm³/mol. The van der Waals surface area contributed by atoms with Crippen molar-refractivity contribution in [1.29, 1.82) is 0 Å². The first-order valence-corrected chi connectivity index (χ1v) is 7.63. The molecule has 0 radical (unpaired) electrons. The van der Waals surface area contributed by atoms with E-state index in [0.29, 0.717) is 19.4 Å². The topological polar surface area (TPSA) is 67.2 Å². The van der Waals surface area contributed by atoms with E-state index in [0.717, 1.165) is 10.6 Å². The van der Waals surface area contributed by atoms with Crippen LogP contribution in [0.15, 0.2) is 29.9 Å². The number of thiophene rings is 1. The molecule has 1 unspecified atom stereocenters. The highest BCUT2D eigenvalue weighted by Crippen LogP contribution is 2.20. The van der Waals surface area contributed by atoms with Crippen molar-refractivity contribution < 1.29 is 9.59 Å². The lowest BCUT2D eigenvalue weighted by molar-refractivity contribution is -0.126. The van der Waals surface area contributed by atoms with Crippen molar-refractivity contribution in [3.8, 4) is 0 Å². The summed E-state index contributed by atoms with van der Waals surface area (Å²) >= 11 is 1.54. The highest BCUT2D eigenvalue weighted by Gasteiger charge is 2.34. The fourth-order valence-corrected chi connectivity index (χ4v) is 3.14. The molecule has 0 saturated carbocycles. The molecule has 1 atom stereocenters. The third kappa shape index (κ3) is 2.97. The van der Waals surface area contributed by atoms with Gasteiger partial charge in [0.2, 0.25) is 11.8 Å². The number of hydrogen-bond acceptors (Lipinski definition) is 4. The molecule has 0 aliphatic carbocycles. The van der Waals surface area contributed by atoms with Crippen LogP contribution < -0.4 is 10.2 Å². The summed E-state index contributed by atoms with van der Waals surface area (Å²) in [6.07, 6.45) is 4.42. The molecule has 1 saturated heterocycles. The molecule has 21 heavy (non-hydrogen) atoms. The normalized spacial score (nSPS) is 18.2. The van der Waals surface area contributed by atoms with E-state index in [-0.39, 0.29) is 11.8 Å². The van der Waals surface area contributed by atoms with Crippen LogP contribution in [-0.2, 0) is 23.1 Å². The van der Waals surface area contributed by atoms with Gasteiger partial charge in [-0.3, -0.25) is 14.3 Å². The Bertz CT molecular complexity index is 650. The van der Waals surface area contributed by atoms with Crippen LogP contribution in [0.1, 0.15) is 11.3 Å². The number of nitrogens with one attached hydrogen (secondary N) is 1. The second kappa shape index (κ2) is 5.69. The summed E-state index contributed by atoms with van der Waals surface area (Å²) in [4.78, 5) is 27.0. The standard InChI is InChI=1S/C14H16N4O2S/c1-17-9-10(8-15-17)18-5-4-12(14(18)20)16-13(19)7-11-3-2-6-21-11/h2-3,6,8-9,12H,4-5,7H2,1H3,(H,16,19). The van der Waals surface area contributed by atoms with Gasteiger partial charge in [-0.2, -0.15) is 5.10 Å². The van der Waals surface area contributed by atoms with Crippen LogP contribution in [0.3, 0.4) is 0 Å². The predicted octanol–water partition coefficient (Wildman–Crippen LogP) is 0.946. The highest BCUT2D eigenvalue weighted by molar-refractivity contribution is 7.10. The van der Waals surface area contributed by atoms with E-state index in [1.807, 2.05) is 24.6 Å². The molecule has 0 aromatic carbocycles. The number of amides is 2. The van der Waals surface area contributed by atoms with Crippen molar-refractivity contribution in [3.05, 3.63) is 34.8 Å². The molecule has 3 heterocycles. The summed E-state index contributed by atoms with van der Waals surface area (Å²) in [5.74, 6) is -0.175. The smallest absolute Gasteiger partial charge is 0.249 e. The zero-order chi connectivity index (χ0) is 14.8. The summed E-state index contributed by atoms with van der Waals surface area (Å²) in [6.45, 7) is 0.606. The summed E-state index contributed by atoms with van der Waals surface area (Å²) in [5.41, 5.74) is 0.775. The van der Waals surface area contributed by atoms with Gasteiger partial charge in [-0.25, -0.2) is 0 Å². The van der Waals surface area contributed by atoms with E-state index >= 15 is 0 Å². The second-order valence-corrected chi connectivity index (χ2v) is 6.06. The Morgan fingerprint density at radius 2 is 2.43 bits per heavy atom.